The largest absolute Gasteiger partial charge is 0.454 e. The highest BCUT2D eigenvalue weighted by atomic mass is 16.7. The molecule has 0 fully saturated rings. The van der Waals surface area contributed by atoms with Gasteiger partial charge in [-0.3, -0.25) is 9.78 Å². The molecule has 2 heterocycles. The number of aromatic amines is 1. The molecule has 0 radical (unpaired) electrons. The van der Waals surface area contributed by atoms with Gasteiger partial charge in [-0.25, -0.2) is 9.36 Å². The van der Waals surface area contributed by atoms with Crippen LogP contribution in [0.2, 0.25) is 0 Å². The zero-order valence-corrected chi connectivity index (χ0v) is 8.75. The molecule has 2 rings (SSSR count). The summed E-state index contributed by atoms with van der Waals surface area (Å²) in [6.45, 7) is 3.11. The summed E-state index contributed by atoms with van der Waals surface area (Å²) < 4.78 is 11.1. The first-order valence-corrected chi connectivity index (χ1v) is 4.77. The first-order chi connectivity index (χ1) is 8.15. The van der Waals surface area contributed by atoms with Crippen LogP contribution < -0.4 is 11.2 Å². The van der Waals surface area contributed by atoms with Gasteiger partial charge in [-0.1, -0.05) is 12.7 Å². The molecule has 90 valence electrons. The SMILES string of the molecule is C=Cc1cn(C2=CO[C@@H](CO)O2)c(=O)[nH]c1=O. The summed E-state index contributed by atoms with van der Waals surface area (Å²) in [6.07, 6.45) is 2.95. The van der Waals surface area contributed by atoms with E-state index in [2.05, 4.69) is 11.6 Å². The van der Waals surface area contributed by atoms with Crippen molar-refractivity contribution in [1.29, 1.82) is 0 Å². The summed E-state index contributed by atoms with van der Waals surface area (Å²) >= 11 is 0. The lowest BCUT2D eigenvalue weighted by atomic mass is 10.3. The van der Waals surface area contributed by atoms with Crippen LogP contribution in [-0.2, 0) is 9.47 Å². The van der Waals surface area contributed by atoms with Crippen LogP contribution in [0.5, 0.6) is 0 Å². The van der Waals surface area contributed by atoms with E-state index in [0.29, 0.717) is 0 Å². The highest BCUT2D eigenvalue weighted by molar-refractivity contribution is 5.46. The molecule has 0 spiro atoms. The Kier molecular flexibility index (Phi) is 2.84. The molecule has 0 saturated heterocycles. The number of hydrogen-bond donors (Lipinski definition) is 2. The Morgan fingerprint density at radius 3 is 2.94 bits per heavy atom. The minimum Gasteiger partial charge on any atom is -0.454 e. The molecule has 7 nitrogen and oxygen atoms in total. The maximum absolute atomic E-state index is 11.5. The van der Waals surface area contributed by atoms with Gasteiger partial charge in [0.2, 0.25) is 5.88 Å². The zero-order chi connectivity index (χ0) is 12.4. The quantitative estimate of drug-likeness (QED) is 0.726. The molecule has 2 N–H and O–H groups in total. The summed E-state index contributed by atoms with van der Waals surface area (Å²) in [7, 11) is 0. The van der Waals surface area contributed by atoms with Crippen LogP contribution in [0.25, 0.3) is 12.0 Å². The molecule has 0 amide bonds. The molecule has 1 aromatic rings. The Bertz CT molecular complexity index is 583. The van der Waals surface area contributed by atoms with E-state index in [1.165, 1.54) is 18.5 Å². The predicted octanol–water partition coefficient (Wildman–Crippen LogP) is -0.699. The van der Waals surface area contributed by atoms with Gasteiger partial charge in [0.05, 0.1) is 5.56 Å². The van der Waals surface area contributed by atoms with Crippen molar-refractivity contribution in [3.05, 3.63) is 45.4 Å². The van der Waals surface area contributed by atoms with Crippen molar-refractivity contribution >= 4 is 12.0 Å². The van der Waals surface area contributed by atoms with Crippen LogP contribution in [0.1, 0.15) is 5.56 Å². The Hall–Kier alpha value is -2.28. The second-order valence-electron chi connectivity index (χ2n) is 3.24. The Morgan fingerprint density at radius 2 is 2.35 bits per heavy atom. The molecule has 1 aliphatic rings. The van der Waals surface area contributed by atoms with Crippen LogP contribution in [-0.4, -0.2) is 27.6 Å². The van der Waals surface area contributed by atoms with Crippen LogP contribution in [0.15, 0.2) is 28.6 Å². The average Bonchev–Trinajstić information content (AvgIpc) is 2.78. The minimum absolute atomic E-state index is 0.0911. The highest BCUT2D eigenvalue weighted by Gasteiger charge is 2.21. The van der Waals surface area contributed by atoms with Crippen LogP contribution in [0.3, 0.4) is 0 Å². The van der Waals surface area contributed by atoms with Crippen molar-refractivity contribution < 1.29 is 14.6 Å². The number of aromatic nitrogens is 2. The maximum Gasteiger partial charge on any atom is 0.335 e. The van der Waals surface area contributed by atoms with Gasteiger partial charge in [0.25, 0.3) is 11.8 Å². The number of rotatable bonds is 3. The third-order valence-corrected chi connectivity index (χ3v) is 2.15. The topological polar surface area (TPSA) is 93.6 Å². The third-order valence-electron chi connectivity index (χ3n) is 2.15. The normalized spacial score (nSPS) is 18.2. The van der Waals surface area contributed by atoms with E-state index in [9.17, 15) is 9.59 Å². The number of ether oxygens (including phenoxy) is 2. The van der Waals surface area contributed by atoms with E-state index < -0.39 is 17.5 Å². The molecule has 1 atom stereocenters. The second-order valence-corrected chi connectivity index (χ2v) is 3.24. The lowest BCUT2D eigenvalue weighted by Crippen LogP contribution is -2.31. The fraction of sp³-hybridized carbons (Fsp3) is 0.200. The number of H-pyrrole nitrogens is 1. The lowest BCUT2D eigenvalue weighted by Gasteiger charge is -2.09. The molecule has 0 bridgehead atoms. The molecule has 0 saturated carbocycles. The fourth-order valence-corrected chi connectivity index (χ4v) is 1.31. The van der Waals surface area contributed by atoms with Crippen molar-refractivity contribution in [1.82, 2.24) is 9.55 Å². The summed E-state index contributed by atoms with van der Waals surface area (Å²) in [5, 5.41) is 8.80. The first kappa shape index (κ1) is 11.2. The smallest absolute Gasteiger partial charge is 0.335 e. The Morgan fingerprint density at radius 1 is 1.59 bits per heavy atom. The van der Waals surface area contributed by atoms with Crippen molar-refractivity contribution in [2.75, 3.05) is 6.61 Å². The van der Waals surface area contributed by atoms with Gasteiger partial charge in [-0.2, -0.15) is 0 Å². The van der Waals surface area contributed by atoms with Crippen LogP contribution in [0.4, 0.5) is 0 Å². The molecule has 7 heteroatoms. The maximum atomic E-state index is 11.5. The second kappa shape index (κ2) is 4.30. The molecule has 0 unspecified atom stereocenters. The number of nitrogens with one attached hydrogen (secondary N) is 1. The summed E-state index contributed by atoms with van der Waals surface area (Å²) in [6, 6.07) is 0. The lowest BCUT2D eigenvalue weighted by molar-refractivity contribution is -0.0555. The monoisotopic (exact) mass is 238 g/mol. The first-order valence-electron chi connectivity index (χ1n) is 4.77. The molecule has 0 aromatic carbocycles. The summed E-state index contributed by atoms with van der Waals surface area (Å²) in [5.41, 5.74) is -0.963. The number of aliphatic hydroxyl groups is 1. The molecule has 17 heavy (non-hydrogen) atoms. The Balaban J connectivity index is 2.44. The number of hydrogen-bond acceptors (Lipinski definition) is 5. The van der Waals surface area contributed by atoms with Gasteiger partial charge in [0, 0.05) is 6.20 Å². The predicted molar refractivity (Wildman–Crippen MR) is 58.7 cm³/mol. The third kappa shape index (κ3) is 2.00. The van der Waals surface area contributed by atoms with Gasteiger partial charge < -0.3 is 14.6 Å². The van der Waals surface area contributed by atoms with E-state index in [1.807, 2.05) is 0 Å². The highest BCUT2D eigenvalue weighted by Crippen LogP contribution is 2.16. The minimum atomic E-state index is -0.837. The fourth-order valence-electron chi connectivity index (χ4n) is 1.31. The molecular weight excluding hydrogens is 228 g/mol. The van der Waals surface area contributed by atoms with Gasteiger partial charge in [-0.15, -0.1) is 0 Å². The number of nitrogens with zero attached hydrogens (tertiary/aromatic N) is 1. The number of aliphatic hydroxyl groups excluding tert-OH is 1. The van der Waals surface area contributed by atoms with E-state index >= 15 is 0 Å². The van der Waals surface area contributed by atoms with Gasteiger partial charge in [0.1, 0.15) is 12.9 Å². The van der Waals surface area contributed by atoms with Gasteiger partial charge >= 0.3 is 5.69 Å². The molecule has 0 aliphatic carbocycles. The molecular formula is C10H10N2O5. The van der Waals surface area contributed by atoms with E-state index in [4.69, 9.17) is 14.6 Å². The summed E-state index contributed by atoms with van der Waals surface area (Å²) in [5.74, 6) is 0.0911. The van der Waals surface area contributed by atoms with Crippen molar-refractivity contribution in [2.45, 2.75) is 6.29 Å². The molecule has 1 aromatic heterocycles. The van der Waals surface area contributed by atoms with Crippen molar-refractivity contribution in [2.24, 2.45) is 0 Å². The molecule has 1 aliphatic heterocycles. The van der Waals surface area contributed by atoms with Crippen molar-refractivity contribution in [3.63, 3.8) is 0 Å². The van der Waals surface area contributed by atoms with E-state index in [-0.39, 0.29) is 18.1 Å². The standard InChI is InChI=1S/C10H10N2O5/c1-2-6-3-12(10(15)11-9(6)14)7-5-16-8(4-13)17-7/h2-3,5,8,13H,1,4H2,(H,11,14,15)/t8-/m1/s1. The average molecular weight is 238 g/mol. The van der Waals surface area contributed by atoms with E-state index in [0.717, 1.165) is 4.57 Å². The zero-order valence-electron chi connectivity index (χ0n) is 8.75. The van der Waals surface area contributed by atoms with E-state index in [1.54, 1.807) is 0 Å². The van der Waals surface area contributed by atoms with Crippen LogP contribution >= 0.6 is 0 Å². The van der Waals surface area contributed by atoms with Crippen molar-refractivity contribution in [3.8, 4) is 0 Å². The summed E-state index contributed by atoms with van der Waals surface area (Å²) in [4.78, 5) is 24.9. The Labute approximate surface area is 95.2 Å². The van der Waals surface area contributed by atoms with Crippen LogP contribution in [0, 0.1) is 0 Å². The van der Waals surface area contributed by atoms with Gasteiger partial charge in [-0.05, 0) is 0 Å². The van der Waals surface area contributed by atoms with Gasteiger partial charge in [0.15, 0.2) is 0 Å².